The largest absolute Gasteiger partial charge is 0.269 e. The van der Waals surface area contributed by atoms with Crippen molar-refractivity contribution in [3.05, 3.63) is 17.5 Å². The topological polar surface area (TPSA) is 17.8 Å². The van der Waals surface area contributed by atoms with Gasteiger partial charge in [-0.3, -0.25) is 4.68 Å². The zero-order valence-corrected chi connectivity index (χ0v) is 11.1. The zero-order chi connectivity index (χ0) is 11.8. The molecule has 2 rings (SSSR count). The molecule has 0 aromatic carbocycles. The third-order valence-corrected chi connectivity index (χ3v) is 3.88. The lowest BCUT2D eigenvalue weighted by molar-refractivity contribution is 0.258. The van der Waals surface area contributed by atoms with E-state index in [-0.39, 0.29) is 0 Å². The van der Waals surface area contributed by atoms with E-state index in [9.17, 15) is 0 Å². The average molecular weight is 220 g/mol. The van der Waals surface area contributed by atoms with Crippen LogP contribution in [-0.2, 0) is 13.0 Å². The van der Waals surface area contributed by atoms with Gasteiger partial charge in [-0.1, -0.05) is 34.1 Å². The van der Waals surface area contributed by atoms with Crippen LogP contribution < -0.4 is 0 Å². The maximum absolute atomic E-state index is 4.54. The van der Waals surface area contributed by atoms with Gasteiger partial charge >= 0.3 is 0 Å². The van der Waals surface area contributed by atoms with E-state index in [2.05, 4.69) is 43.7 Å². The summed E-state index contributed by atoms with van der Waals surface area (Å²) >= 11 is 0. The molecule has 0 bridgehead atoms. The van der Waals surface area contributed by atoms with Crippen molar-refractivity contribution in [2.75, 3.05) is 0 Å². The van der Waals surface area contributed by atoms with Crippen molar-refractivity contribution in [2.45, 2.75) is 65.8 Å². The highest BCUT2D eigenvalue weighted by Crippen LogP contribution is 2.35. The summed E-state index contributed by atoms with van der Waals surface area (Å²) in [5, 5.41) is 4.54. The van der Waals surface area contributed by atoms with Crippen LogP contribution in [-0.4, -0.2) is 9.78 Å². The third kappa shape index (κ3) is 2.16. The number of aryl methyl sites for hydroxylation is 1. The van der Waals surface area contributed by atoms with Crippen molar-refractivity contribution >= 4 is 0 Å². The Balaban J connectivity index is 2.26. The molecular formula is C14H24N2. The van der Waals surface area contributed by atoms with E-state index >= 15 is 0 Å². The summed E-state index contributed by atoms with van der Waals surface area (Å²) in [7, 11) is 0. The fourth-order valence-electron chi connectivity index (χ4n) is 2.76. The van der Waals surface area contributed by atoms with Crippen LogP contribution in [0.25, 0.3) is 0 Å². The molecule has 90 valence electrons. The van der Waals surface area contributed by atoms with Crippen LogP contribution in [0.3, 0.4) is 0 Å². The Morgan fingerprint density at radius 3 is 2.94 bits per heavy atom. The molecule has 1 aromatic rings. The highest BCUT2D eigenvalue weighted by molar-refractivity contribution is 5.24. The Labute approximate surface area is 99.0 Å². The van der Waals surface area contributed by atoms with Crippen molar-refractivity contribution in [1.82, 2.24) is 9.78 Å². The summed E-state index contributed by atoms with van der Waals surface area (Å²) in [4.78, 5) is 0. The number of aromatic nitrogens is 2. The lowest BCUT2D eigenvalue weighted by Gasteiger charge is -2.31. The van der Waals surface area contributed by atoms with Crippen LogP contribution in [0, 0.1) is 5.41 Å². The van der Waals surface area contributed by atoms with Crippen LogP contribution in [0.4, 0.5) is 0 Å². The molecule has 2 nitrogen and oxygen atoms in total. The Hall–Kier alpha value is -0.790. The lowest BCUT2D eigenvalue weighted by atomic mass is 9.80. The molecule has 0 fully saturated rings. The highest BCUT2D eigenvalue weighted by atomic mass is 15.3. The first-order valence-electron chi connectivity index (χ1n) is 6.58. The second kappa shape index (κ2) is 4.23. The minimum absolute atomic E-state index is 0.455. The summed E-state index contributed by atoms with van der Waals surface area (Å²) < 4.78 is 2.23. The third-order valence-electron chi connectivity index (χ3n) is 3.88. The summed E-state index contributed by atoms with van der Waals surface area (Å²) in [5.41, 5.74) is 3.45. The molecule has 0 saturated heterocycles. The molecule has 1 aliphatic rings. The number of fused-ring (bicyclic) bond motifs is 1. The Morgan fingerprint density at radius 2 is 2.25 bits per heavy atom. The average Bonchev–Trinajstić information content (AvgIpc) is 2.59. The van der Waals surface area contributed by atoms with Crippen molar-refractivity contribution in [1.29, 1.82) is 0 Å². The molecule has 16 heavy (non-hydrogen) atoms. The van der Waals surface area contributed by atoms with Crippen molar-refractivity contribution in [3.8, 4) is 0 Å². The van der Waals surface area contributed by atoms with Gasteiger partial charge in [0.25, 0.3) is 0 Å². The molecule has 0 N–H and O–H groups in total. The molecule has 1 atom stereocenters. The zero-order valence-electron chi connectivity index (χ0n) is 11.1. The van der Waals surface area contributed by atoms with Gasteiger partial charge < -0.3 is 0 Å². The van der Waals surface area contributed by atoms with Crippen LogP contribution in [0.1, 0.15) is 64.1 Å². The van der Waals surface area contributed by atoms with E-state index in [4.69, 9.17) is 0 Å². The Kier molecular flexibility index (Phi) is 3.09. The first kappa shape index (κ1) is 11.7. The van der Waals surface area contributed by atoms with Gasteiger partial charge in [0.2, 0.25) is 0 Å². The molecular weight excluding hydrogens is 196 g/mol. The summed E-state index contributed by atoms with van der Waals surface area (Å²) in [6, 6.07) is 0. The molecule has 1 aromatic heterocycles. The summed E-state index contributed by atoms with van der Waals surface area (Å²) in [5.74, 6) is 0.669. The normalized spacial score (nSPS) is 20.5. The first-order valence-corrected chi connectivity index (χ1v) is 6.58. The number of nitrogens with zero attached hydrogens (tertiary/aromatic N) is 2. The van der Waals surface area contributed by atoms with Crippen LogP contribution in [0.15, 0.2) is 6.20 Å². The molecule has 0 spiro atoms. The lowest BCUT2D eigenvalue weighted by Crippen LogP contribution is -2.27. The van der Waals surface area contributed by atoms with Gasteiger partial charge in [0, 0.05) is 12.2 Å². The highest BCUT2D eigenvalue weighted by Gasteiger charge is 2.28. The summed E-state index contributed by atoms with van der Waals surface area (Å²) in [6.07, 6.45) is 7.09. The van der Waals surface area contributed by atoms with Gasteiger partial charge in [0.1, 0.15) is 0 Å². The fourth-order valence-corrected chi connectivity index (χ4v) is 2.76. The number of rotatable bonds is 3. The van der Waals surface area contributed by atoms with E-state index in [0.29, 0.717) is 11.3 Å². The maximum atomic E-state index is 4.54. The van der Waals surface area contributed by atoms with E-state index in [1.807, 2.05) is 0 Å². The molecule has 1 aliphatic heterocycles. The van der Waals surface area contributed by atoms with Gasteiger partial charge in [-0.25, -0.2) is 0 Å². The van der Waals surface area contributed by atoms with Crippen molar-refractivity contribution in [3.63, 3.8) is 0 Å². The molecule has 0 amide bonds. The minimum Gasteiger partial charge on any atom is -0.269 e. The van der Waals surface area contributed by atoms with E-state index in [0.717, 1.165) is 6.54 Å². The molecule has 2 heterocycles. The number of hydrogen-bond donors (Lipinski definition) is 0. The van der Waals surface area contributed by atoms with Gasteiger partial charge in [-0.15, -0.1) is 0 Å². The SMILES string of the molecule is CCCC(C)c1cnn2c1CC(C)(C)CC2. The fraction of sp³-hybridized carbons (Fsp3) is 0.786. The van der Waals surface area contributed by atoms with E-state index < -0.39 is 0 Å². The maximum Gasteiger partial charge on any atom is 0.0527 e. The van der Waals surface area contributed by atoms with Gasteiger partial charge in [0.05, 0.1) is 6.20 Å². The second-order valence-electron chi connectivity index (χ2n) is 6.05. The molecule has 2 heteroatoms. The summed E-state index contributed by atoms with van der Waals surface area (Å²) in [6.45, 7) is 10.4. The molecule has 0 aliphatic carbocycles. The Morgan fingerprint density at radius 1 is 1.50 bits per heavy atom. The Bertz CT molecular complexity index is 363. The van der Waals surface area contributed by atoms with Crippen molar-refractivity contribution < 1.29 is 0 Å². The van der Waals surface area contributed by atoms with Gasteiger partial charge in [-0.2, -0.15) is 5.10 Å². The smallest absolute Gasteiger partial charge is 0.0527 e. The second-order valence-corrected chi connectivity index (χ2v) is 6.05. The van der Waals surface area contributed by atoms with Crippen LogP contribution in [0.2, 0.25) is 0 Å². The first-order chi connectivity index (χ1) is 7.53. The molecule has 0 saturated carbocycles. The van der Waals surface area contributed by atoms with Crippen LogP contribution >= 0.6 is 0 Å². The molecule has 1 unspecified atom stereocenters. The van der Waals surface area contributed by atoms with E-state index in [1.165, 1.54) is 36.9 Å². The van der Waals surface area contributed by atoms with Gasteiger partial charge in [-0.05, 0) is 36.2 Å². The monoisotopic (exact) mass is 220 g/mol. The minimum atomic E-state index is 0.455. The number of hydrogen-bond acceptors (Lipinski definition) is 1. The predicted octanol–water partition coefficient (Wildman–Crippen LogP) is 3.76. The van der Waals surface area contributed by atoms with Crippen LogP contribution in [0.5, 0.6) is 0 Å². The van der Waals surface area contributed by atoms with Gasteiger partial charge in [0.15, 0.2) is 0 Å². The molecule has 0 radical (unpaired) electrons. The standard InChI is InChI=1S/C14H24N2/c1-5-6-11(2)12-10-15-16-8-7-14(3,4)9-13(12)16/h10-11H,5-9H2,1-4H3. The predicted molar refractivity (Wildman–Crippen MR) is 67.7 cm³/mol. The quantitative estimate of drug-likeness (QED) is 0.758. The van der Waals surface area contributed by atoms with E-state index in [1.54, 1.807) is 0 Å². The van der Waals surface area contributed by atoms with Crippen molar-refractivity contribution in [2.24, 2.45) is 5.41 Å².